The van der Waals surface area contributed by atoms with Gasteiger partial charge in [0.2, 0.25) is 5.91 Å². The first kappa shape index (κ1) is 24.4. The van der Waals surface area contributed by atoms with E-state index in [1.54, 1.807) is 58.0 Å². The standard InChI is InChI=1S/C23H29F2N5O3/c1-13-6-5-7-17(29-22(32)33-23(2,3)4)14-8-9-15(11-26)16(10-14)19-18(28-20(13)31)12-27-30(19)21(24)25/h5-6,8-10,12-13,17,21H,7,11,26H2,1-4H3,(H,28,31)(H,29,32)/b6-5+. The highest BCUT2D eigenvalue weighted by molar-refractivity contribution is 5.97. The van der Waals surface area contributed by atoms with Crippen molar-refractivity contribution >= 4 is 17.7 Å². The minimum Gasteiger partial charge on any atom is -0.444 e. The van der Waals surface area contributed by atoms with E-state index in [2.05, 4.69) is 15.7 Å². The predicted octanol–water partition coefficient (Wildman–Crippen LogP) is 4.50. The molecule has 2 amide bonds. The summed E-state index contributed by atoms with van der Waals surface area (Å²) in [5.41, 5.74) is 7.08. The lowest BCUT2D eigenvalue weighted by molar-refractivity contribution is -0.118. The van der Waals surface area contributed by atoms with E-state index in [4.69, 9.17) is 10.5 Å². The summed E-state index contributed by atoms with van der Waals surface area (Å²) in [6.45, 7) is 4.12. The minimum absolute atomic E-state index is 0.0495. The van der Waals surface area contributed by atoms with Crippen molar-refractivity contribution in [1.82, 2.24) is 15.1 Å². The van der Waals surface area contributed by atoms with Crippen LogP contribution in [0.4, 0.5) is 19.3 Å². The molecular formula is C23H29F2N5O3. The Kier molecular flexibility index (Phi) is 7.16. The molecule has 0 aliphatic carbocycles. The van der Waals surface area contributed by atoms with Crippen LogP contribution < -0.4 is 16.4 Å². The first-order valence-electron chi connectivity index (χ1n) is 10.7. The number of carbonyl (C=O) groups is 2. The van der Waals surface area contributed by atoms with Crippen LogP contribution in [0.5, 0.6) is 0 Å². The van der Waals surface area contributed by atoms with E-state index in [0.717, 1.165) is 0 Å². The SMILES string of the molecule is CC1/C=C/CC(NC(=O)OC(C)(C)C)c2ccc(CN)c(c2)-c2c(cnn2C(F)F)NC1=O. The van der Waals surface area contributed by atoms with Crippen LogP contribution in [0.25, 0.3) is 11.3 Å². The van der Waals surface area contributed by atoms with Crippen molar-refractivity contribution < 1.29 is 23.1 Å². The van der Waals surface area contributed by atoms with Crippen LogP contribution in [0.15, 0.2) is 36.5 Å². The Bertz CT molecular complexity index is 1060. The van der Waals surface area contributed by atoms with Gasteiger partial charge in [-0.15, -0.1) is 0 Å². The van der Waals surface area contributed by atoms with Crippen molar-refractivity contribution in [2.24, 2.45) is 11.7 Å². The van der Waals surface area contributed by atoms with Crippen LogP contribution in [0.2, 0.25) is 0 Å². The second kappa shape index (κ2) is 9.70. The molecule has 2 bridgehead atoms. The fourth-order valence-electron chi connectivity index (χ4n) is 3.56. The quantitative estimate of drug-likeness (QED) is 0.583. The van der Waals surface area contributed by atoms with E-state index >= 15 is 0 Å². The Morgan fingerprint density at radius 3 is 2.76 bits per heavy atom. The molecule has 0 saturated heterocycles. The summed E-state index contributed by atoms with van der Waals surface area (Å²) in [7, 11) is 0. The summed E-state index contributed by atoms with van der Waals surface area (Å²) in [5.74, 6) is -0.911. The average molecular weight is 462 g/mol. The first-order valence-corrected chi connectivity index (χ1v) is 10.7. The molecule has 2 unspecified atom stereocenters. The number of hydrogen-bond donors (Lipinski definition) is 3. The van der Waals surface area contributed by atoms with E-state index < -0.39 is 30.2 Å². The molecule has 1 aliphatic rings. The number of nitrogens with two attached hydrogens (primary N) is 1. The van der Waals surface area contributed by atoms with Crippen molar-refractivity contribution in [2.45, 2.75) is 58.9 Å². The number of rotatable bonds is 3. The van der Waals surface area contributed by atoms with E-state index in [1.807, 2.05) is 0 Å². The van der Waals surface area contributed by atoms with Gasteiger partial charge in [0.1, 0.15) is 5.60 Å². The summed E-state index contributed by atoms with van der Waals surface area (Å²) in [6.07, 6.45) is 4.45. The van der Waals surface area contributed by atoms with Gasteiger partial charge in [0, 0.05) is 12.1 Å². The van der Waals surface area contributed by atoms with Gasteiger partial charge >= 0.3 is 12.6 Å². The Labute approximate surface area is 191 Å². The maximum absolute atomic E-state index is 13.8. The van der Waals surface area contributed by atoms with Crippen LogP contribution in [0.1, 0.15) is 57.8 Å². The van der Waals surface area contributed by atoms with Crippen molar-refractivity contribution in [1.29, 1.82) is 0 Å². The molecule has 4 N–H and O–H groups in total. The van der Waals surface area contributed by atoms with Gasteiger partial charge in [0.25, 0.3) is 0 Å². The number of fused-ring (bicyclic) bond motifs is 4. The first-order chi connectivity index (χ1) is 15.5. The van der Waals surface area contributed by atoms with E-state index in [9.17, 15) is 18.4 Å². The molecule has 8 nitrogen and oxygen atoms in total. The monoisotopic (exact) mass is 461 g/mol. The largest absolute Gasteiger partial charge is 0.444 e. The summed E-state index contributed by atoms with van der Waals surface area (Å²) < 4.78 is 33.5. The number of halogens is 2. The molecule has 3 rings (SSSR count). The normalized spacial score (nSPS) is 19.7. The fourth-order valence-corrected chi connectivity index (χ4v) is 3.56. The summed E-state index contributed by atoms with van der Waals surface area (Å²) in [5, 5.41) is 9.32. The number of alkyl carbamates (subject to hydrolysis) is 1. The van der Waals surface area contributed by atoms with Gasteiger partial charge in [-0.25, -0.2) is 9.48 Å². The average Bonchev–Trinajstić information content (AvgIpc) is 3.14. The molecule has 1 aromatic carbocycles. The zero-order valence-corrected chi connectivity index (χ0v) is 19.1. The van der Waals surface area contributed by atoms with E-state index in [0.29, 0.717) is 27.8 Å². The molecule has 0 radical (unpaired) electrons. The highest BCUT2D eigenvalue weighted by atomic mass is 19.3. The van der Waals surface area contributed by atoms with E-state index in [-0.39, 0.29) is 23.8 Å². The molecule has 33 heavy (non-hydrogen) atoms. The lowest BCUT2D eigenvalue weighted by Crippen LogP contribution is -2.35. The smallest absolute Gasteiger partial charge is 0.408 e. The summed E-state index contributed by atoms with van der Waals surface area (Å²) in [6, 6.07) is 4.68. The van der Waals surface area contributed by atoms with Gasteiger partial charge in [-0.2, -0.15) is 13.9 Å². The number of ether oxygens (including phenoxy) is 1. The van der Waals surface area contributed by atoms with Crippen molar-refractivity contribution in [3.05, 3.63) is 47.7 Å². The Hall–Kier alpha value is -3.27. The molecule has 0 fully saturated rings. The fraction of sp³-hybridized carbons (Fsp3) is 0.435. The molecule has 2 atom stereocenters. The number of amides is 2. The van der Waals surface area contributed by atoms with Gasteiger partial charge in [-0.1, -0.05) is 31.2 Å². The van der Waals surface area contributed by atoms with Gasteiger partial charge in [0.05, 0.1) is 29.5 Å². The number of nitrogens with one attached hydrogen (secondary N) is 2. The highest BCUT2D eigenvalue weighted by Crippen LogP contribution is 2.36. The predicted molar refractivity (Wildman–Crippen MR) is 120 cm³/mol. The van der Waals surface area contributed by atoms with Gasteiger partial charge in [0.15, 0.2) is 0 Å². The molecule has 0 saturated carbocycles. The summed E-state index contributed by atoms with van der Waals surface area (Å²) in [4.78, 5) is 25.1. The number of hydrogen-bond acceptors (Lipinski definition) is 5. The number of aromatic nitrogens is 2. The molecule has 2 aromatic rings. The number of benzene rings is 1. The Balaban J connectivity index is 2.16. The molecule has 0 spiro atoms. The molecule has 1 aliphatic heterocycles. The topological polar surface area (TPSA) is 111 Å². The molecule has 1 aromatic heterocycles. The second-order valence-electron chi connectivity index (χ2n) is 8.89. The van der Waals surface area contributed by atoms with Gasteiger partial charge < -0.3 is 21.1 Å². The van der Waals surface area contributed by atoms with Crippen LogP contribution in [-0.2, 0) is 16.1 Å². The number of nitrogens with zero attached hydrogens (tertiary/aromatic N) is 2. The lowest BCUT2D eigenvalue weighted by atomic mass is 9.94. The van der Waals surface area contributed by atoms with Crippen LogP contribution in [-0.4, -0.2) is 27.4 Å². The molecule has 178 valence electrons. The maximum atomic E-state index is 13.8. The van der Waals surface area contributed by atoms with Gasteiger partial charge in [-0.05, 0) is 44.4 Å². The number of carbonyl (C=O) groups excluding carboxylic acids is 2. The van der Waals surface area contributed by atoms with Crippen LogP contribution >= 0.6 is 0 Å². The molecular weight excluding hydrogens is 432 g/mol. The third kappa shape index (κ3) is 5.75. The number of alkyl halides is 2. The molecule has 2 heterocycles. The minimum atomic E-state index is -2.93. The van der Waals surface area contributed by atoms with Crippen molar-refractivity contribution in [3.8, 4) is 11.3 Å². The van der Waals surface area contributed by atoms with Crippen LogP contribution in [0, 0.1) is 5.92 Å². The maximum Gasteiger partial charge on any atom is 0.408 e. The third-order valence-electron chi connectivity index (χ3n) is 5.15. The van der Waals surface area contributed by atoms with Gasteiger partial charge in [-0.3, -0.25) is 4.79 Å². The van der Waals surface area contributed by atoms with Crippen LogP contribution in [0.3, 0.4) is 0 Å². The Morgan fingerprint density at radius 2 is 2.12 bits per heavy atom. The zero-order chi connectivity index (χ0) is 24.3. The Morgan fingerprint density at radius 1 is 1.39 bits per heavy atom. The van der Waals surface area contributed by atoms with E-state index in [1.165, 1.54) is 6.20 Å². The zero-order valence-electron chi connectivity index (χ0n) is 19.1. The van der Waals surface area contributed by atoms with Crippen molar-refractivity contribution in [2.75, 3.05) is 5.32 Å². The highest BCUT2D eigenvalue weighted by Gasteiger charge is 2.26. The summed E-state index contributed by atoms with van der Waals surface area (Å²) >= 11 is 0. The lowest BCUT2D eigenvalue weighted by Gasteiger charge is -2.24. The second-order valence-corrected chi connectivity index (χ2v) is 8.89. The number of anilines is 1. The molecule has 10 heteroatoms. The van der Waals surface area contributed by atoms with Crippen molar-refractivity contribution in [3.63, 3.8) is 0 Å². The third-order valence-corrected chi connectivity index (χ3v) is 5.15.